The molecule has 7 heteroatoms. The Bertz CT molecular complexity index is 111. The van der Waals surface area contributed by atoms with Gasteiger partial charge in [-0.15, -0.1) is 0 Å². The van der Waals surface area contributed by atoms with Gasteiger partial charge in [-0.2, -0.15) is 0 Å². The molecule has 0 bridgehead atoms. The molecular formula is C3N3O3Ru. The molecule has 0 saturated carbocycles. The topological polar surface area (TPSA) is 118 Å². The van der Waals surface area contributed by atoms with Crippen LogP contribution in [0.4, 0.5) is 0 Å². The van der Waals surface area contributed by atoms with Gasteiger partial charge in [0.1, 0.15) is 0 Å². The van der Waals surface area contributed by atoms with Crippen molar-refractivity contribution >= 4 is 18.2 Å². The molecule has 0 aromatic carbocycles. The molecule has 0 rings (SSSR count). The molecule has 0 saturated heterocycles. The van der Waals surface area contributed by atoms with Gasteiger partial charge in [0, 0.05) is 0 Å². The molecule has 0 aromatic heterocycles. The van der Waals surface area contributed by atoms with Gasteiger partial charge in [0.25, 0.3) is 0 Å². The van der Waals surface area contributed by atoms with Crippen molar-refractivity contribution in [1.29, 1.82) is 0 Å². The third-order valence-corrected chi connectivity index (χ3v) is 0. The summed E-state index contributed by atoms with van der Waals surface area (Å²) in [6, 6.07) is 0. The van der Waals surface area contributed by atoms with E-state index in [1.54, 1.807) is 0 Å². The van der Waals surface area contributed by atoms with E-state index in [1.165, 1.54) is 0 Å². The van der Waals surface area contributed by atoms with Gasteiger partial charge in [0.2, 0.25) is 0 Å². The molecular weight excluding hydrogens is 227 g/mol. The van der Waals surface area contributed by atoms with Crippen molar-refractivity contribution in [3.8, 4) is 0 Å². The predicted molar refractivity (Wildman–Crippen MR) is 27.2 cm³/mol. The van der Waals surface area contributed by atoms with Crippen LogP contribution >= 0.6 is 0 Å². The number of isocyanates is 3. The molecule has 1 radical (unpaired) electrons. The summed E-state index contributed by atoms with van der Waals surface area (Å²) < 4.78 is 0. The monoisotopic (exact) mass is 228 g/mol. The van der Waals surface area contributed by atoms with Crippen LogP contribution in [0.25, 0.3) is 16.2 Å². The van der Waals surface area contributed by atoms with Crippen LogP contribution in [0.15, 0.2) is 0 Å². The van der Waals surface area contributed by atoms with Crippen molar-refractivity contribution in [2.45, 2.75) is 0 Å². The number of hydrogen-bond donors (Lipinski definition) is 0. The van der Waals surface area contributed by atoms with Crippen molar-refractivity contribution < 1.29 is 33.9 Å². The smallest absolute Gasteiger partial charge is 0.724 e. The molecule has 0 atom stereocenters. The minimum absolute atomic E-state index is 0. The number of nitrogens with zero attached hydrogens (tertiary/aromatic N) is 3. The fraction of sp³-hybridized carbons (Fsp3) is 0. The average Bonchev–Trinajstić information content (AvgIpc) is 1.70. The largest absolute Gasteiger partial charge is 3.00 e. The van der Waals surface area contributed by atoms with Crippen LogP contribution in [0.1, 0.15) is 0 Å². The Morgan fingerprint density at radius 1 is 0.700 bits per heavy atom. The van der Waals surface area contributed by atoms with E-state index in [4.69, 9.17) is 30.6 Å². The zero-order chi connectivity index (χ0) is 8.12. The van der Waals surface area contributed by atoms with E-state index in [1.807, 2.05) is 0 Å². The second-order valence-corrected chi connectivity index (χ2v) is 0.274. The summed E-state index contributed by atoms with van der Waals surface area (Å²) in [6.45, 7) is 0. The molecule has 0 aromatic rings. The summed E-state index contributed by atoms with van der Waals surface area (Å²) in [5.74, 6) is 0. The van der Waals surface area contributed by atoms with Crippen LogP contribution in [0.2, 0.25) is 0 Å². The Balaban J connectivity index is -0.0000000257. The van der Waals surface area contributed by atoms with Gasteiger partial charge >= 0.3 is 19.5 Å². The van der Waals surface area contributed by atoms with Crippen LogP contribution in [-0.2, 0) is 33.9 Å². The Hall–Kier alpha value is -1.24. The quantitative estimate of drug-likeness (QED) is 0.320. The first kappa shape index (κ1) is 23.3. The molecule has 0 fully saturated rings. The second-order valence-electron chi connectivity index (χ2n) is 0.274. The van der Waals surface area contributed by atoms with Gasteiger partial charge in [0.05, 0.1) is 0 Å². The summed E-state index contributed by atoms with van der Waals surface area (Å²) in [6.07, 6.45) is 1.50. The molecule has 0 aliphatic heterocycles. The van der Waals surface area contributed by atoms with E-state index < -0.39 is 0 Å². The van der Waals surface area contributed by atoms with E-state index in [-0.39, 0.29) is 19.5 Å². The summed E-state index contributed by atoms with van der Waals surface area (Å²) >= 11 is 0. The molecule has 6 nitrogen and oxygen atoms in total. The van der Waals surface area contributed by atoms with Gasteiger partial charge in [-0.05, 0) is 18.2 Å². The number of carbonyl (C=O) groups excluding carboxylic acids is 3. The average molecular weight is 227 g/mol. The summed E-state index contributed by atoms with van der Waals surface area (Å²) in [5, 5.41) is 20.3. The Morgan fingerprint density at radius 3 is 0.700 bits per heavy atom. The first-order chi connectivity index (χ1) is 4.24. The van der Waals surface area contributed by atoms with Crippen LogP contribution in [0.3, 0.4) is 0 Å². The van der Waals surface area contributed by atoms with Crippen molar-refractivity contribution in [2.75, 3.05) is 0 Å². The number of hydrogen-bond acceptors (Lipinski definition) is 3. The Labute approximate surface area is 68.9 Å². The Morgan fingerprint density at radius 2 is 0.700 bits per heavy atom. The van der Waals surface area contributed by atoms with Crippen LogP contribution in [0, 0.1) is 0 Å². The van der Waals surface area contributed by atoms with E-state index in [0.29, 0.717) is 18.2 Å². The minimum atomic E-state index is 0. The first-order valence-electron chi connectivity index (χ1n) is 1.28. The van der Waals surface area contributed by atoms with E-state index in [9.17, 15) is 0 Å². The summed E-state index contributed by atoms with van der Waals surface area (Å²) in [7, 11) is 0. The van der Waals surface area contributed by atoms with Gasteiger partial charge in [-0.1, -0.05) is 0 Å². The van der Waals surface area contributed by atoms with Crippen LogP contribution < -0.4 is 0 Å². The molecule has 0 aliphatic carbocycles. The SMILES string of the molecule is [N-]=C=O.[N-]=C=O.[N-]=C=O.[Ru+3]. The maximum atomic E-state index is 8.24. The maximum Gasteiger partial charge on any atom is 3.00 e. The molecule has 0 amide bonds. The second kappa shape index (κ2) is 114. The van der Waals surface area contributed by atoms with Gasteiger partial charge in [0.15, 0.2) is 0 Å². The molecule has 0 N–H and O–H groups in total. The summed E-state index contributed by atoms with van der Waals surface area (Å²) in [4.78, 5) is 24.7. The minimum Gasteiger partial charge on any atom is -0.724 e. The van der Waals surface area contributed by atoms with Crippen molar-refractivity contribution in [1.82, 2.24) is 0 Å². The van der Waals surface area contributed by atoms with Crippen molar-refractivity contribution in [3.63, 3.8) is 0 Å². The van der Waals surface area contributed by atoms with Gasteiger partial charge in [-0.25, -0.2) is 0 Å². The fourth-order valence-electron chi connectivity index (χ4n) is 0. The third kappa shape index (κ3) is 147. The molecule has 0 heterocycles. The zero-order valence-electron chi connectivity index (χ0n) is 4.42. The maximum absolute atomic E-state index is 8.24. The van der Waals surface area contributed by atoms with E-state index in [0.717, 1.165) is 0 Å². The van der Waals surface area contributed by atoms with E-state index in [2.05, 4.69) is 0 Å². The van der Waals surface area contributed by atoms with Crippen LogP contribution in [0.5, 0.6) is 0 Å². The summed E-state index contributed by atoms with van der Waals surface area (Å²) in [5.41, 5.74) is 0. The number of rotatable bonds is 0. The van der Waals surface area contributed by atoms with Crippen molar-refractivity contribution in [3.05, 3.63) is 16.2 Å². The van der Waals surface area contributed by atoms with Crippen LogP contribution in [-0.4, -0.2) is 18.2 Å². The standard InChI is InChI=1S/3CNO.Ru/c3*2-1-3;/q3*-1;+3. The normalized spacial score (nSPS) is 2.40. The van der Waals surface area contributed by atoms with Gasteiger partial charge in [-0.3, -0.25) is 14.4 Å². The molecule has 0 spiro atoms. The molecule has 53 valence electrons. The van der Waals surface area contributed by atoms with Crippen molar-refractivity contribution in [2.24, 2.45) is 0 Å². The zero-order valence-corrected chi connectivity index (χ0v) is 6.16. The first-order valence-corrected chi connectivity index (χ1v) is 1.28. The predicted octanol–water partition coefficient (Wildman–Crippen LogP) is -0.328. The molecule has 0 aliphatic rings. The molecule has 10 heavy (non-hydrogen) atoms. The fourth-order valence-corrected chi connectivity index (χ4v) is 0. The molecule has 0 unspecified atom stereocenters. The van der Waals surface area contributed by atoms with Gasteiger partial charge < -0.3 is 16.2 Å². The third-order valence-electron chi connectivity index (χ3n) is 0. The Kier molecular flexibility index (Phi) is 266. The van der Waals surface area contributed by atoms with E-state index >= 15 is 0 Å².